The number of rotatable bonds is 1. The summed E-state index contributed by atoms with van der Waals surface area (Å²) in [5.74, 6) is 0. The Kier molecular flexibility index (Phi) is 4.12. The summed E-state index contributed by atoms with van der Waals surface area (Å²) in [4.78, 5) is 7.07. The van der Waals surface area contributed by atoms with Gasteiger partial charge >= 0.3 is 7.68 Å². The normalized spacial score (nSPS) is 10.2. The van der Waals surface area contributed by atoms with Gasteiger partial charge in [0.25, 0.3) is 0 Å². The Morgan fingerprint density at radius 1 is 0.864 bits per heavy atom. The maximum atomic E-state index is 10.7. The first-order valence-electron chi connectivity index (χ1n) is 6.76. The zero-order chi connectivity index (χ0) is 15.4. The molecule has 0 atom stereocenters. The Morgan fingerprint density at radius 3 is 2.41 bits per heavy atom. The van der Waals surface area contributed by atoms with Crippen LogP contribution in [0.4, 0.5) is 0 Å². The van der Waals surface area contributed by atoms with Crippen LogP contribution in [0.5, 0.6) is 0 Å². The van der Waals surface area contributed by atoms with E-state index in [9.17, 15) is 9.13 Å². The van der Waals surface area contributed by atoms with Crippen LogP contribution in [0.2, 0.25) is 0 Å². The molecule has 0 spiro atoms. The Labute approximate surface area is 127 Å². The first kappa shape index (κ1) is 14.2. The average molecular weight is 308 g/mol. The lowest BCUT2D eigenvalue weighted by atomic mass is 10.2. The molecule has 108 valence electrons. The Bertz CT molecular complexity index is 916. The molecule has 0 fully saturated rings. The predicted octanol–water partition coefficient (Wildman–Crippen LogP) is 4.20. The van der Waals surface area contributed by atoms with Crippen molar-refractivity contribution in [2.75, 3.05) is 0 Å². The van der Waals surface area contributed by atoms with Crippen molar-refractivity contribution in [2.45, 2.75) is 0 Å². The smallest absolute Gasteiger partial charge is 0.350 e. The lowest BCUT2D eigenvalue weighted by molar-refractivity contribution is 0.523. The summed E-state index contributed by atoms with van der Waals surface area (Å²) in [5.41, 5.74) is 1.91. The highest BCUT2D eigenvalue weighted by molar-refractivity contribution is 7.41. The summed E-state index contributed by atoms with van der Waals surface area (Å²) in [6, 6.07) is 19.4. The van der Waals surface area contributed by atoms with Gasteiger partial charge in [-0.05, 0) is 18.2 Å². The molecule has 0 saturated carbocycles. The topological polar surface area (TPSA) is 62.8 Å². The fraction of sp³-hybridized carbons (Fsp3) is 0. The summed E-state index contributed by atoms with van der Waals surface area (Å²) < 4.78 is 21.4. The molecule has 0 unspecified atom stereocenters. The molecule has 0 radical (unpaired) electrons. The molecule has 4 nitrogen and oxygen atoms in total. The maximum absolute atomic E-state index is 10.7. The van der Waals surface area contributed by atoms with Crippen molar-refractivity contribution in [3.63, 3.8) is 0 Å². The van der Waals surface area contributed by atoms with Gasteiger partial charge < -0.3 is 4.98 Å². The van der Waals surface area contributed by atoms with Crippen LogP contribution in [0.3, 0.4) is 0 Å². The van der Waals surface area contributed by atoms with Gasteiger partial charge in [0.05, 0.1) is 10.8 Å². The summed E-state index contributed by atoms with van der Waals surface area (Å²) in [5, 5.41) is 2.32. The van der Waals surface area contributed by atoms with E-state index < -0.39 is 7.68 Å². The minimum Gasteiger partial charge on any atom is -0.360 e. The average Bonchev–Trinajstić information content (AvgIpc) is 3.00. The van der Waals surface area contributed by atoms with E-state index in [0.717, 1.165) is 16.4 Å². The summed E-state index contributed by atoms with van der Waals surface area (Å²) in [6.45, 7) is 0. The van der Waals surface area contributed by atoms with Crippen LogP contribution in [-0.4, -0.2) is 9.97 Å². The molecule has 0 aliphatic carbocycles. The molecule has 0 saturated heterocycles. The standard InChI is InChI=1S/C9H7N.C8H6NO2P/c1-2-6-9-8(4-1)5-3-7-10-9;10-12(11)8-5-9-7-4-2-1-3-6(7)8/h1-7H;1-5,9H. The molecule has 5 heteroatoms. The largest absolute Gasteiger partial charge is 0.360 e. The van der Waals surface area contributed by atoms with E-state index in [-0.39, 0.29) is 0 Å². The molecule has 0 amide bonds. The van der Waals surface area contributed by atoms with Gasteiger partial charge in [0.2, 0.25) is 0 Å². The highest BCUT2D eigenvalue weighted by Crippen LogP contribution is 2.15. The molecule has 0 aliphatic rings. The first-order valence-corrected chi connectivity index (χ1v) is 7.94. The Hall–Kier alpha value is -2.71. The van der Waals surface area contributed by atoms with E-state index in [1.54, 1.807) is 6.07 Å². The molecule has 22 heavy (non-hydrogen) atoms. The van der Waals surface area contributed by atoms with E-state index in [2.05, 4.69) is 22.1 Å². The van der Waals surface area contributed by atoms with Gasteiger partial charge in [-0.15, -0.1) is 0 Å². The van der Waals surface area contributed by atoms with Crippen molar-refractivity contribution in [1.82, 2.24) is 9.97 Å². The molecule has 2 aromatic heterocycles. The Balaban J connectivity index is 0.000000133. The number of para-hydroxylation sites is 2. The zero-order valence-electron chi connectivity index (χ0n) is 11.6. The quantitative estimate of drug-likeness (QED) is 0.536. The monoisotopic (exact) mass is 308 g/mol. The molecule has 4 aromatic rings. The van der Waals surface area contributed by atoms with Crippen molar-refractivity contribution >= 4 is 34.8 Å². The van der Waals surface area contributed by atoms with Crippen molar-refractivity contribution < 1.29 is 9.13 Å². The number of fused-ring (bicyclic) bond motifs is 2. The lowest BCUT2D eigenvalue weighted by Crippen LogP contribution is -1.86. The van der Waals surface area contributed by atoms with Gasteiger partial charge in [0.1, 0.15) is 0 Å². The van der Waals surface area contributed by atoms with Crippen LogP contribution in [0.25, 0.3) is 21.8 Å². The third-order valence-electron chi connectivity index (χ3n) is 3.28. The van der Waals surface area contributed by atoms with Gasteiger partial charge in [0, 0.05) is 28.7 Å². The van der Waals surface area contributed by atoms with Crippen LogP contribution in [0, 0.1) is 0 Å². The third-order valence-corrected chi connectivity index (χ3v) is 4.04. The van der Waals surface area contributed by atoms with Crippen LogP contribution in [-0.2, 0) is 9.13 Å². The molecular weight excluding hydrogens is 295 g/mol. The second kappa shape index (κ2) is 6.37. The lowest BCUT2D eigenvalue weighted by Gasteiger charge is -1.91. The van der Waals surface area contributed by atoms with E-state index in [1.165, 1.54) is 11.6 Å². The second-order valence-electron chi connectivity index (χ2n) is 4.67. The van der Waals surface area contributed by atoms with Crippen molar-refractivity contribution in [2.24, 2.45) is 0 Å². The molecule has 1 N–H and O–H groups in total. The number of aromatic nitrogens is 2. The molecule has 0 aliphatic heterocycles. The highest BCUT2D eigenvalue weighted by Gasteiger charge is 2.05. The first-order chi connectivity index (χ1) is 10.8. The van der Waals surface area contributed by atoms with Crippen LogP contribution in [0.15, 0.2) is 73.1 Å². The third kappa shape index (κ3) is 2.97. The van der Waals surface area contributed by atoms with E-state index in [0.29, 0.717) is 5.30 Å². The van der Waals surface area contributed by atoms with Gasteiger partial charge in [-0.1, -0.05) is 42.5 Å². The number of nitrogens with zero attached hydrogens (tertiary/aromatic N) is 1. The maximum Gasteiger partial charge on any atom is 0.350 e. The second-order valence-corrected chi connectivity index (χ2v) is 5.67. The van der Waals surface area contributed by atoms with E-state index in [4.69, 9.17) is 0 Å². The van der Waals surface area contributed by atoms with Crippen molar-refractivity contribution in [3.05, 3.63) is 73.1 Å². The molecular formula is C17H13N2O2P. The molecule has 4 rings (SSSR count). The summed E-state index contributed by atoms with van der Waals surface area (Å²) >= 11 is 0. The van der Waals surface area contributed by atoms with E-state index in [1.807, 2.05) is 48.7 Å². The fourth-order valence-electron chi connectivity index (χ4n) is 2.22. The van der Waals surface area contributed by atoms with Gasteiger partial charge in [0.15, 0.2) is 0 Å². The summed E-state index contributed by atoms with van der Waals surface area (Å²) in [7, 11) is -2.49. The van der Waals surface area contributed by atoms with Crippen molar-refractivity contribution in [3.8, 4) is 0 Å². The number of pyridine rings is 1. The minimum absolute atomic E-state index is 0.362. The van der Waals surface area contributed by atoms with Crippen LogP contribution in [0.1, 0.15) is 0 Å². The Morgan fingerprint density at radius 2 is 1.59 bits per heavy atom. The number of hydrogen-bond acceptors (Lipinski definition) is 3. The number of benzene rings is 2. The van der Waals surface area contributed by atoms with Crippen LogP contribution < -0.4 is 5.30 Å². The SMILES string of the molecule is O=P(=O)c1c[nH]c2ccccc12.c1ccc2ncccc2c1. The number of aromatic amines is 1. The number of nitrogens with one attached hydrogen (secondary N) is 1. The minimum atomic E-state index is -2.49. The van der Waals surface area contributed by atoms with Gasteiger partial charge in [-0.3, -0.25) is 4.98 Å². The van der Waals surface area contributed by atoms with Crippen LogP contribution >= 0.6 is 7.68 Å². The molecule has 0 bridgehead atoms. The molecule has 2 aromatic carbocycles. The van der Waals surface area contributed by atoms with Gasteiger partial charge in [-0.25, -0.2) is 9.13 Å². The fourth-order valence-corrected chi connectivity index (χ4v) is 2.78. The summed E-state index contributed by atoms with van der Waals surface area (Å²) in [6.07, 6.45) is 3.32. The number of hydrogen-bond donors (Lipinski definition) is 1. The zero-order valence-corrected chi connectivity index (χ0v) is 12.5. The van der Waals surface area contributed by atoms with E-state index >= 15 is 0 Å². The van der Waals surface area contributed by atoms with Crippen molar-refractivity contribution in [1.29, 1.82) is 0 Å². The van der Waals surface area contributed by atoms with Gasteiger partial charge in [-0.2, -0.15) is 0 Å². The molecule has 2 heterocycles. The number of H-pyrrole nitrogens is 1. The highest BCUT2D eigenvalue weighted by atomic mass is 31.1. The predicted molar refractivity (Wildman–Crippen MR) is 88.0 cm³/mol.